The van der Waals surface area contributed by atoms with E-state index in [9.17, 15) is 13.2 Å². The van der Waals surface area contributed by atoms with Crippen molar-refractivity contribution < 1.29 is 13.2 Å². The average Bonchev–Trinajstić information content (AvgIpc) is 3.25. The summed E-state index contributed by atoms with van der Waals surface area (Å²) in [5.74, 6) is -0.649. The van der Waals surface area contributed by atoms with Crippen molar-refractivity contribution >= 4 is 11.5 Å². The largest absolute Gasteiger partial charge is 0.453 e. The van der Waals surface area contributed by atoms with Crippen LogP contribution in [0.2, 0.25) is 0 Å². The van der Waals surface area contributed by atoms with Crippen LogP contribution >= 0.6 is 0 Å². The molecule has 3 aromatic rings. The molecule has 4 rings (SSSR count). The number of rotatable bonds is 2. The number of pyridine rings is 2. The molecule has 0 saturated heterocycles. The topological polar surface area (TPSA) is 67.5 Å². The fraction of sp³-hybridized carbons (Fsp3) is 0.250. The second-order valence-electron chi connectivity index (χ2n) is 5.64. The minimum absolute atomic E-state index is 0.124. The Balaban J connectivity index is 2.06. The number of fused-ring (bicyclic) bond motifs is 1. The van der Waals surface area contributed by atoms with E-state index in [2.05, 4.69) is 25.4 Å². The van der Waals surface area contributed by atoms with Crippen LogP contribution in [-0.4, -0.2) is 38.5 Å². The van der Waals surface area contributed by atoms with Crippen LogP contribution in [0, 0.1) is 6.92 Å². The molecular weight excluding hydrogens is 333 g/mol. The average molecular weight is 346 g/mol. The van der Waals surface area contributed by atoms with Gasteiger partial charge in [-0.3, -0.25) is 9.98 Å². The summed E-state index contributed by atoms with van der Waals surface area (Å²) in [7, 11) is 0. The lowest BCUT2D eigenvalue weighted by Gasteiger charge is -2.13. The summed E-state index contributed by atoms with van der Waals surface area (Å²) in [4.78, 5) is 12.2. The maximum absolute atomic E-state index is 13.1. The van der Waals surface area contributed by atoms with Gasteiger partial charge in [0, 0.05) is 30.2 Å². The number of aliphatic imine (C=N–C) groups is 1. The van der Waals surface area contributed by atoms with Gasteiger partial charge in [0.05, 0.1) is 12.1 Å². The summed E-state index contributed by atoms with van der Waals surface area (Å²) in [5, 5.41) is 6.74. The van der Waals surface area contributed by atoms with Gasteiger partial charge in [0.15, 0.2) is 5.65 Å². The monoisotopic (exact) mass is 346 g/mol. The van der Waals surface area contributed by atoms with Gasteiger partial charge in [-0.2, -0.15) is 13.2 Å². The highest BCUT2D eigenvalue weighted by Gasteiger charge is 2.37. The first-order valence-corrected chi connectivity index (χ1v) is 7.62. The lowest BCUT2D eigenvalue weighted by Crippen LogP contribution is -2.21. The van der Waals surface area contributed by atoms with Gasteiger partial charge in [-0.25, -0.2) is 9.50 Å². The standard InChI is InChI=1S/C16H13F3N6/c1-9-7-11(10-3-2-4-20-8-10)12(13-21-5-6-22-13)14-23-15(16(17,18)19)24-25(9)14/h2-4,7-8H,5-6H2,1H3,(H,21,22). The van der Waals surface area contributed by atoms with Crippen LogP contribution in [0.5, 0.6) is 0 Å². The Hall–Kier alpha value is -2.97. The van der Waals surface area contributed by atoms with E-state index in [1.807, 2.05) is 6.07 Å². The molecule has 0 bridgehead atoms. The van der Waals surface area contributed by atoms with Crippen LogP contribution in [-0.2, 0) is 6.18 Å². The quantitative estimate of drug-likeness (QED) is 0.774. The van der Waals surface area contributed by atoms with Crippen molar-refractivity contribution in [1.82, 2.24) is 24.9 Å². The maximum Gasteiger partial charge on any atom is 0.453 e. The van der Waals surface area contributed by atoms with Gasteiger partial charge < -0.3 is 5.32 Å². The number of nitrogens with one attached hydrogen (secondary N) is 1. The number of amidine groups is 1. The molecule has 0 unspecified atom stereocenters. The minimum Gasteiger partial charge on any atom is -0.368 e. The molecule has 128 valence electrons. The third-order valence-corrected chi connectivity index (χ3v) is 3.92. The Labute approximate surface area is 140 Å². The molecule has 1 aliphatic rings. The number of aryl methyl sites for hydroxylation is 1. The van der Waals surface area contributed by atoms with Crippen LogP contribution in [0.1, 0.15) is 17.1 Å². The minimum atomic E-state index is -4.62. The van der Waals surface area contributed by atoms with Crippen molar-refractivity contribution in [3.8, 4) is 11.1 Å². The zero-order chi connectivity index (χ0) is 17.6. The van der Waals surface area contributed by atoms with E-state index in [4.69, 9.17) is 0 Å². The first-order chi connectivity index (χ1) is 11.9. The van der Waals surface area contributed by atoms with Gasteiger partial charge >= 0.3 is 6.18 Å². The number of nitrogens with zero attached hydrogens (tertiary/aromatic N) is 5. The molecule has 1 N–H and O–H groups in total. The highest BCUT2D eigenvalue weighted by Crippen LogP contribution is 2.32. The number of hydrogen-bond acceptors (Lipinski definition) is 5. The number of hydrogen-bond donors (Lipinski definition) is 1. The van der Waals surface area contributed by atoms with E-state index in [0.717, 1.165) is 5.56 Å². The molecule has 6 nitrogen and oxygen atoms in total. The third kappa shape index (κ3) is 2.61. The SMILES string of the molecule is Cc1cc(-c2cccnc2)c(C2=NCCN2)c2nc(C(F)(F)F)nn12. The van der Waals surface area contributed by atoms with E-state index in [-0.39, 0.29) is 5.65 Å². The van der Waals surface area contributed by atoms with Crippen LogP contribution in [0.15, 0.2) is 35.6 Å². The Morgan fingerprint density at radius 3 is 2.76 bits per heavy atom. The fourth-order valence-corrected chi connectivity index (χ4v) is 2.85. The van der Waals surface area contributed by atoms with E-state index < -0.39 is 12.0 Å². The summed E-state index contributed by atoms with van der Waals surface area (Å²) in [5.41, 5.74) is 2.65. The Kier molecular flexibility index (Phi) is 3.45. The molecule has 0 saturated carbocycles. The molecule has 0 spiro atoms. The van der Waals surface area contributed by atoms with Crippen LogP contribution < -0.4 is 5.32 Å². The van der Waals surface area contributed by atoms with Crippen molar-refractivity contribution in [3.63, 3.8) is 0 Å². The normalized spacial score (nSPS) is 14.6. The number of halogens is 3. The summed E-state index contributed by atoms with van der Waals surface area (Å²) in [6, 6.07) is 5.39. The molecular formula is C16H13F3N6. The summed E-state index contributed by atoms with van der Waals surface area (Å²) in [6.07, 6.45) is -1.32. The molecule has 0 aliphatic carbocycles. The molecule has 3 aromatic heterocycles. The van der Waals surface area contributed by atoms with Gasteiger partial charge in [0.2, 0.25) is 0 Å². The fourth-order valence-electron chi connectivity index (χ4n) is 2.85. The molecule has 4 heterocycles. The number of aromatic nitrogens is 4. The molecule has 0 radical (unpaired) electrons. The van der Waals surface area contributed by atoms with Gasteiger partial charge in [0.1, 0.15) is 5.84 Å². The highest BCUT2D eigenvalue weighted by molar-refractivity contribution is 6.10. The molecule has 9 heteroatoms. The first kappa shape index (κ1) is 15.6. The highest BCUT2D eigenvalue weighted by atomic mass is 19.4. The molecule has 0 amide bonds. The number of alkyl halides is 3. The van der Waals surface area contributed by atoms with Crippen molar-refractivity contribution in [3.05, 3.63) is 47.7 Å². The second kappa shape index (κ2) is 5.54. The zero-order valence-electron chi connectivity index (χ0n) is 13.2. The van der Waals surface area contributed by atoms with Crippen LogP contribution in [0.25, 0.3) is 16.8 Å². The predicted octanol–water partition coefficient (Wildman–Crippen LogP) is 2.47. The Bertz CT molecular complexity index is 975. The summed E-state index contributed by atoms with van der Waals surface area (Å²) in [6.45, 7) is 2.87. The van der Waals surface area contributed by atoms with Crippen LogP contribution in [0.3, 0.4) is 0 Å². The van der Waals surface area contributed by atoms with Gasteiger partial charge in [-0.05, 0) is 24.6 Å². The Morgan fingerprint density at radius 2 is 2.12 bits per heavy atom. The van der Waals surface area contributed by atoms with Crippen molar-refractivity contribution in [2.24, 2.45) is 4.99 Å². The molecule has 0 fully saturated rings. The smallest absolute Gasteiger partial charge is 0.368 e. The van der Waals surface area contributed by atoms with Gasteiger partial charge in [-0.15, -0.1) is 5.10 Å². The summed E-state index contributed by atoms with van der Waals surface area (Å²) >= 11 is 0. The lowest BCUT2D eigenvalue weighted by atomic mass is 10.0. The van der Waals surface area contributed by atoms with Crippen molar-refractivity contribution in [2.75, 3.05) is 13.1 Å². The second-order valence-corrected chi connectivity index (χ2v) is 5.64. The summed E-state index contributed by atoms with van der Waals surface area (Å²) < 4.78 is 40.5. The van der Waals surface area contributed by atoms with E-state index >= 15 is 0 Å². The van der Waals surface area contributed by atoms with E-state index in [1.54, 1.807) is 31.5 Å². The lowest BCUT2D eigenvalue weighted by molar-refractivity contribution is -0.144. The van der Waals surface area contributed by atoms with E-state index in [0.29, 0.717) is 35.7 Å². The molecule has 0 atom stereocenters. The van der Waals surface area contributed by atoms with Crippen molar-refractivity contribution in [1.29, 1.82) is 0 Å². The van der Waals surface area contributed by atoms with Gasteiger partial charge in [0.25, 0.3) is 5.82 Å². The molecule has 0 aromatic carbocycles. The first-order valence-electron chi connectivity index (χ1n) is 7.62. The van der Waals surface area contributed by atoms with E-state index in [1.165, 1.54) is 4.52 Å². The maximum atomic E-state index is 13.1. The molecule has 25 heavy (non-hydrogen) atoms. The van der Waals surface area contributed by atoms with Gasteiger partial charge in [-0.1, -0.05) is 6.07 Å². The predicted molar refractivity (Wildman–Crippen MR) is 85.4 cm³/mol. The molecule has 1 aliphatic heterocycles. The van der Waals surface area contributed by atoms with Crippen molar-refractivity contribution in [2.45, 2.75) is 13.1 Å². The third-order valence-electron chi connectivity index (χ3n) is 3.92. The Morgan fingerprint density at radius 1 is 1.28 bits per heavy atom. The zero-order valence-corrected chi connectivity index (χ0v) is 13.2. The van der Waals surface area contributed by atoms with Crippen LogP contribution in [0.4, 0.5) is 13.2 Å².